The molecular weight excluding hydrogens is 469 g/mol. The quantitative estimate of drug-likeness (QED) is 0.287. The zero-order valence-electron chi connectivity index (χ0n) is 16.8. The van der Waals surface area contributed by atoms with E-state index in [0.29, 0.717) is 43.3 Å². The van der Waals surface area contributed by atoms with Crippen LogP contribution in [-0.4, -0.2) is 22.1 Å². The van der Waals surface area contributed by atoms with Crippen LogP contribution in [0.3, 0.4) is 0 Å². The highest BCUT2D eigenvalue weighted by Crippen LogP contribution is 2.31. The molecule has 0 radical (unpaired) electrons. The predicted molar refractivity (Wildman–Crippen MR) is 129 cm³/mol. The molecule has 0 atom stereocenters. The summed E-state index contributed by atoms with van der Waals surface area (Å²) in [7, 11) is 0. The number of benzene rings is 2. The number of nitrogen functional groups attached to an aromatic ring is 1. The van der Waals surface area contributed by atoms with Crippen LogP contribution in [-0.2, 0) is 6.61 Å². The number of nitrogens with two attached hydrogens (primary N) is 1. The van der Waals surface area contributed by atoms with Gasteiger partial charge in [0, 0.05) is 15.6 Å². The Morgan fingerprint density at radius 1 is 1.25 bits per heavy atom. The molecule has 4 aromatic rings. The Morgan fingerprint density at radius 3 is 2.88 bits per heavy atom. The molecule has 10 heteroatoms. The SMILES string of the molecule is Cc1c(C(=O)N/N=C\c2cccc(OCc3ccc(Cl)cc3Cl)c2)sc2ncnc(N)c12. The van der Waals surface area contributed by atoms with Crippen molar-refractivity contribution in [2.45, 2.75) is 13.5 Å². The maximum absolute atomic E-state index is 12.6. The number of nitrogens with zero attached hydrogens (tertiary/aromatic N) is 3. The van der Waals surface area contributed by atoms with Crippen molar-refractivity contribution in [1.29, 1.82) is 0 Å². The van der Waals surface area contributed by atoms with E-state index in [1.165, 1.54) is 23.9 Å². The zero-order chi connectivity index (χ0) is 22.7. The van der Waals surface area contributed by atoms with Crippen molar-refractivity contribution < 1.29 is 9.53 Å². The van der Waals surface area contributed by atoms with Crippen molar-refractivity contribution >= 4 is 62.7 Å². The van der Waals surface area contributed by atoms with E-state index < -0.39 is 0 Å². The number of hydrogen-bond acceptors (Lipinski definition) is 7. The van der Waals surface area contributed by atoms with E-state index in [4.69, 9.17) is 33.7 Å². The molecule has 1 amide bonds. The van der Waals surface area contributed by atoms with Gasteiger partial charge in [-0.25, -0.2) is 15.4 Å². The Balaban J connectivity index is 1.41. The minimum atomic E-state index is -0.342. The second kappa shape index (κ2) is 9.52. The first kappa shape index (κ1) is 22.0. The van der Waals surface area contributed by atoms with Crippen LogP contribution in [0.5, 0.6) is 5.75 Å². The van der Waals surface area contributed by atoms with Crippen LogP contribution in [0.2, 0.25) is 10.0 Å². The fourth-order valence-corrected chi connectivity index (χ4v) is 4.53. The number of hydrogen-bond donors (Lipinski definition) is 2. The third kappa shape index (κ3) is 4.83. The molecule has 32 heavy (non-hydrogen) atoms. The molecule has 0 unspecified atom stereocenters. The van der Waals surface area contributed by atoms with Crippen LogP contribution in [0, 0.1) is 6.92 Å². The molecule has 4 rings (SSSR count). The highest BCUT2D eigenvalue weighted by molar-refractivity contribution is 7.20. The summed E-state index contributed by atoms with van der Waals surface area (Å²) in [5.74, 6) is 0.648. The largest absolute Gasteiger partial charge is 0.489 e. The van der Waals surface area contributed by atoms with Gasteiger partial charge in [-0.05, 0) is 42.3 Å². The van der Waals surface area contributed by atoms with Gasteiger partial charge in [-0.2, -0.15) is 5.10 Å². The Hall–Kier alpha value is -3.20. The maximum atomic E-state index is 12.6. The summed E-state index contributed by atoms with van der Waals surface area (Å²) in [4.78, 5) is 21.9. The van der Waals surface area contributed by atoms with E-state index in [1.54, 1.807) is 18.2 Å². The summed E-state index contributed by atoms with van der Waals surface area (Å²) in [6.45, 7) is 2.11. The number of aryl methyl sites for hydroxylation is 1. The van der Waals surface area contributed by atoms with Gasteiger partial charge in [-0.1, -0.05) is 41.4 Å². The van der Waals surface area contributed by atoms with Crippen molar-refractivity contribution in [2.24, 2.45) is 5.10 Å². The number of thiophene rings is 1. The maximum Gasteiger partial charge on any atom is 0.281 e. The number of amides is 1. The smallest absolute Gasteiger partial charge is 0.281 e. The molecule has 0 aliphatic carbocycles. The molecule has 0 spiro atoms. The molecule has 0 aliphatic rings. The molecule has 3 N–H and O–H groups in total. The van der Waals surface area contributed by atoms with E-state index in [0.717, 1.165) is 16.7 Å². The van der Waals surface area contributed by atoms with Gasteiger partial charge in [0.25, 0.3) is 5.91 Å². The second-order valence-corrected chi connectivity index (χ2v) is 8.63. The normalized spacial score (nSPS) is 11.2. The lowest BCUT2D eigenvalue weighted by molar-refractivity contribution is 0.0958. The summed E-state index contributed by atoms with van der Waals surface area (Å²) in [5, 5.41) is 5.86. The Morgan fingerprint density at radius 2 is 2.09 bits per heavy atom. The third-order valence-corrected chi connectivity index (χ3v) is 6.40. The van der Waals surface area contributed by atoms with E-state index in [9.17, 15) is 4.79 Å². The van der Waals surface area contributed by atoms with Gasteiger partial charge >= 0.3 is 0 Å². The lowest BCUT2D eigenvalue weighted by atomic mass is 10.2. The fraction of sp³-hybridized carbons (Fsp3) is 0.0909. The second-order valence-electron chi connectivity index (χ2n) is 6.79. The number of fused-ring (bicyclic) bond motifs is 1. The first-order valence-electron chi connectivity index (χ1n) is 9.42. The van der Waals surface area contributed by atoms with Gasteiger partial charge in [-0.15, -0.1) is 11.3 Å². The van der Waals surface area contributed by atoms with Crippen molar-refractivity contribution in [3.63, 3.8) is 0 Å². The predicted octanol–water partition coefficient (Wildman–Crippen LogP) is 5.23. The molecule has 2 heterocycles. The van der Waals surface area contributed by atoms with Crippen LogP contribution in [0.25, 0.3) is 10.2 Å². The number of hydrazone groups is 1. The van der Waals surface area contributed by atoms with E-state index in [-0.39, 0.29) is 5.91 Å². The average Bonchev–Trinajstić information content (AvgIpc) is 3.11. The molecule has 162 valence electrons. The van der Waals surface area contributed by atoms with E-state index in [1.807, 2.05) is 31.2 Å². The van der Waals surface area contributed by atoms with Gasteiger partial charge in [0.05, 0.1) is 16.5 Å². The number of ether oxygens (including phenoxy) is 1. The third-order valence-electron chi connectivity index (χ3n) is 4.61. The lowest BCUT2D eigenvalue weighted by Crippen LogP contribution is -2.17. The summed E-state index contributed by atoms with van der Waals surface area (Å²) < 4.78 is 5.81. The zero-order valence-corrected chi connectivity index (χ0v) is 19.1. The van der Waals surface area contributed by atoms with Crippen LogP contribution in [0.4, 0.5) is 5.82 Å². The topological polar surface area (TPSA) is 102 Å². The summed E-state index contributed by atoms with van der Waals surface area (Å²) >= 11 is 13.3. The molecule has 0 saturated carbocycles. The number of nitrogens with one attached hydrogen (secondary N) is 1. The molecule has 7 nitrogen and oxygen atoms in total. The van der Waals surface area contributed by atoms with Crippen molar-refractivity contribution in [3.8, 4) is 5.75 Å². The molecule has 0 fully saturated rings. The number of halogens is 2. The molecule has 0 saturated heterocycles. The Kier molecular flexibility index (Phi) is 6.55. The molecule has 2 aromatic carbocycles. The van der Waals surface area contributed by atoms with Crippen LogP contribution in [0.15, 0.2) is 53.9 Å². The summed E-state index contributed by atoms with van der Waals surface area (Å²) in [6, 6.07) is 12.6. The van der Waals surface area contributed by atoms with Crippen LogP contribution in [0.1, 0.15) is 26.4 Å². The highest BCUT2D eigenvalue weighted by Gasteiger charge is 2.18. The van der Waals surface area contributed by atoms with Crippen LogP contribution < -0.4 is 15.9 Å². The minimum absolute atomic E-state index is 0.296. The number of rotatable bonds is 6. The number of carbonyl (C=O) groups is 1. The summed E-state index contributed by atoms with van der Waals surface area (Å²) in [6.07, 6.45) is 2.92. The minimum Gasteiger partial charge on any atom is -0.489 e. The van der Waals surface area contributed by atoms with Crippen LogP contribution >= 0.6 is 34.5 Å². The molecular formula is C22H17Cl2N5O2S. The first-order valence-corrected chi connectivity index (χ1v) is 11.0. The van der Waals surface area contributed by atoms with Crippen molar-refractivity contribution in [3.05, 3.63) is 80.4 Å². The summed E-state index contributed by atoms with van der Waals surface area (Å²) in [5.41, 5.74) is 10.8. The van der Waals surface area contributed by atoms with Crippen molar-refractivity contribution in [1.82, 2.24) is 15.4 Å². The average molecular weight is 486 g/mol. The molecule has 2 aromatic heterocycles. The van der Waals surface area contributed by atoms with E-state index in [2.05, 4.69) is 20.5 Å². The fourth-order valence-electron chi connectivity index (χ4n) is 3.02. The van der Waals surface area contributed by atoms with Crippen molar-refractivity contribution in [2.75, 3.05) is 5.73 Å². The van der Waals surface area contributed by atoms with Gasteiger partial charge < -0.3 is 10.5 Å². The van der Waals surface area contributed by atoms with E-state index >= 15 is 0 Å². The number of anilines is 1. The van der Waals surface area contributed by atoms with Gasteiger partial charge in [-0.3, -0.25) is 4.79 Å². The Bertz CT molecular complexity index is 1340. The first-order chi connectivity index (χ1) is 15.4. The molecule has 0 bridgehead atoms. The number of aromatic nitrogens is 2. The monoisotopic (exact) mass is 485 g/mol. The van der Waals surface area contributed by atoms with Gasteiger partial charge in [0.15, 0.2) is 0 Å². The van der Waals surface area contributed by atoms with Gasteiger partial charge in [0.2, 0.25) is 0 Å². The number of carbonyl (C=O) groups excluding carboxylic acids is 1. The standard InChI is InChI=1S/C22H17Cl2N5O2S/c1-12-18-20(25)26-11-27-22(18)32-19(12)21(30)29-28-9-13-3-2-4-16(7-13)31-10-14-5-6-15(23)8-17(14)24/h2-9,11H,10H2,1H3,(H,29,30)(H2,25,26,27)/b28-9-. The molecule has 0 aliphatic heterocycles. The highest BCUT2D eigenvalue weighted by atomic mass is 35.5. The lowest BCUT2D eigenvalue weighted by Gasteiger charge is -2.08. The Labute approximate surface area is 197 Å². The van der Waals surface area contributed by atoms with Gasteiger partial charge in [0.1, 0.15) is 29.3 Å².